The first-order chi connectivity index (χ1) is 13.0. The Kier molecular flexibility index (Phi) is 5.79. The fourth-order valence-electron chi connectivity index (χ4n) is 3.43. The number of nitrogens with one attached hydrogen (secondary N) is 1. The van der Waals surface area contributed by atoms with Crippen molar-refractivity contribution in [3.63, 3.8) is 0 Å². The van der Waals surface area contributed by atoms with E-state index in [1.807, 2.05) is 36.4 Å². The molecule has 1 heterocycles. The molecule has 2 amide bonds. The number of hydrogen-bond acceptors (Lipinski definition) is 3. The second kappa shape index (κ2) is 8.25. The van der Waals surface area contributed by atoms with Crippen LogP contribution in [-0.2, 0) is 9.59 Å². The minimum atomic E-state index is -0.367. The lowest BCUT2D eigenvalue weighted by molar-refractivity contribution is -0.122. The lowest BCUT2D eigenvalue weighted by Crippen LogP contribution is -2.29. The monoisotopic (exact) mass is 366 g/mol. The molecule has 1 fully saturated rings. The summed E-state index contributed by atoms with van der Waals surface area (Å²) in [7, 11) is 1.59. The molecule has 2 aromatic rings. The third-order valence-electron chi connectivity index (χ3n) is 5.20. The first-order valence-corrected chi connectivity index (χ1v) is 9.37. The van der Waals surface area contributed by atoms with Crippen molar-refractivity contribution in [2.24, 2.45) is 5.92 Å². The van der Waals surface area contributed by atoms with Gasteiger partial charge in [0, 0.05) is 30.4 Å². The predicted molar refractivity (Wildman–Crippen MR) is 107 cm³/mol. The van der Waals surface area contributed by atoms with Gasteiger partial charge in [-0.1, -0.05) is 38.1 Å². The molecule has 0 bridgehead atoms. The van der Waals surface area contributed by atoms with E-state index in [1.54, 1.807) is 18.1 Å². The average Bonchev–Trinajstić information content (AvgIpc) is 3.09. The van der Waals surface area contributed by atoms with E-state index < -0.39 is 0 Å². The largest absolute Gasteiger partial charge is 0.497 e. The van der Waals surface area contributed by atoms with Crippen LogP contribution in [0.15, 0.2) is 48.5 Å². The number of rotatable bonds is 6. The van der Waals surface area contributed by atoms with Crippen molar-refractivity contribution in [2.75, 3.05) is 23.9 Å². The number of para-hydroxylation sites is 1. The number of ether oxygens (including phenoxy) is 1. The highest BCUT2D eigenvalue weighted by molar-refractivity contribution is 6.04. The molecule has 0 aliphatic carbocycles. The normalized spacial score (nSPS) is 17.7. The van der Waals surface area contributed by atoms with Gasteiger partial charge in [0.2, 0.25) is 11.8 Å². The molecule has 0 aromatic heterocycles. The van der Waals surface area contributed by atoms with Gasteiger partial charge < -0.3 is 15.0 Å². The molecule has 1 N–H and O–H groups in total. The smallest absolute Gasteiger partial charge is 0.229 e. The predicted octanol–water partition coefficient (Wildman–Crippen LogP) is 4.20. The molecular weight excluding hydrogens is 340 g/mol. The van der Waals surface area contributed by atoms with Gasteiger partial charge in [-0.2, -0.15) is 0 Å². The molecule has 0 spiro atoms. The van der Waals surface area contributed by atoms with Gasteiger partial charge in [-0.05, 0) is 36.1 Å². The van der Waals surface area contributed by atoms with E-state index in [0.717, 1.165) is 17.7 Å². The van der Waals surface area contributed by atoms with Gasteiger partial charge in [-0.3, -0.25) is 9.59 Å². The van der Waals surface area contributed by atoms with Gasteiger partial charge in [0.15, 0.2) is 0 Å². The fourth-order valence-corrected chi connectivity index (χ4v) is 3.43. The molecular formula is C22H26N2O3. The molecule has 5 nitrogen and oxygen atoms in total. The second-order valence-electron chi connectivity index (χ2n) is 6.99. The Bertz CT molecular complexity index is 834. The van der Waals surface area contributed by atoms with E-state index in [0.29, 0.717) is 23.9 Å². The van der Waals surface area contributed by atoms with Crippen molar-refractivity contribution in [3.05, 3.63) is 54.1 Å². The van der Waals surface area contributed by atoms with E-state index in [1.165, 1.54) is 0 Å². The van der Waals surface area contributed by atoms with Crippen LogP contribution in [0.4, 0.5) is 11.4 Å². The number of benzene rings is 2. The van der Waals surface area contributed by atoms with Crippen LogP contribution in [-0.4, -0.2) is 25.5 Å². The van der Waals surface area contributed by atoms with Crippen molar-refractivity contribution in [2.45, 2.75) is 32.6 Å². The summed E-state index contributed by atoms with van der Waals surface area (Å²) >= 11 is 0. The third-order valence-corrected chi connectivity index (χ3v) is 5.20. The average molecular weight is 366 g/mol. The number of methoxy groups -OCH3 is 1. The Hall–Kier alpha value is -2.82. The first kappa shape index (κ1) is 19.0. The van der Waals surface area contributed by atoms with E-state index in [-0.39, 0.29) is 24.2 Å². The first-order valence-electron chi connectivity index (χ1n) is 9.37. The van der Waals surface area contributed by atoms with Crippen molar-refractivity contribution in [3.8, 4) is 5.75 Å². The zero-order valence-corrected chi connectivity index (χ0v) is 16.1. The highest BCUT2D eigenvalue weighted by Crippen LogP contribution is 2.33. The number of anilines is 2. The van der Waals surface area contributed by atoms with Crippen molar-refractivity contribution >= 4 is 23.2 Å². The quantitative estimate of drug-likeness (QED) is 0.833. The van der Waals surface area contributed by atoms with Crippen LogP contribution in [0.5, 0.6) is 5.75 Å². The number of hydrogen-bond donors (Lipinski definition) is 1. The Morgan fingerprint density at radius 3 is 2.78 bits per heavy atom. The van der Waals surface area contributed by atoms with E-state index in [4.69, 9.17) is 4.74 Å². The molecule has 1 aliphatic heterocycles. The van der Waals surface area contributed by atoms with Gasteiger partial charge in [0.1, 0.15) is 5.75 Å². The minimum Gasteiger partial charge on any atom is -0.497 e. The van der Waals surface area contributed by atoms with E-state index in [2.05, 4.69) is 25.2 Å². The Labute approximate surface area is 160 Å². The summed E-state index contributed by atoms with van der Waals surface area (Å²) in [5, 5.41) is 2.90. The zero-order chi connectivity index (χ0) is 19.4. The summed E-state index contributed by atoms with van der Waals surface area (Å²) in [4.78, 5) is 27.1. The summed E-state index contributed by atoms with van der Waals surface area (Å²) in [5.74, 6) is 0.531. The maximum Gasteiger partial charge on any atom is 0.229 e. The van der Waals surface area contributed by atoms with Crippen molar-refractivity contribution in [1.82, 2.24) is 0 Å². The topological polar surface area (TPSA) is 58.6 Å². The number of nitrogens with zero attached hydrogens (tertiary/aromatic N) is 1. The Morgan fingerprint density at radius 2 is 2.04 bits per heavy atom. The summed E-state index contributed by atoms with van der Waals surface area (Å²) in [6.45, 7) is 4.70. The lowest BCUT2D eigenvalue weighted by atomic mass is 9.96. The summed E-state index contributed by atoms with van der Waals surface area (Å²) in [6, 6.07) is 15.2. The van der Waals surface area contributed by atoms with Gasteiger partial charge in [0.05, 0.1) is 13.0 Å². The van der Waals surface area contributed by atoms with Crippen LogP contribution in [0.25, 0.3) is 0 Å². The zero-order valence-electron chi connectivity index (χ0n) is 16.1. The summed E-state index contributed by atoms with van der Waals surface area (Å²) in [6.07, 6.45) is 1.23. The highest BCUT2D eigenvalue weighted by Gasteiger charge is 2.36. The summed E-state index contributed by atoms with van der Waals surface area (Å²) in [5.41, 5.74) is 2.75. The molecule has 2 aromatic carbocycles. The Morgan fingerprint density at radius 1 is 1.26 bits per heavy atom. The minimum absolute atomic E-state index is 0.00320. The molecule has 27 heavy (non-hydrogen) atoms. The Balaban J connectivity index is 1.75. The number of carbonyl (C=O) groups excluding carboxylic acids is 2. The maximum absolute atomic E-state index is 12.7. The fraction of sp³-hybridized carbons (Fsp3) is 0.364. The van der Waals surface area contributed by atoms with E-state index >= 15 is 0 Å². The van der Waals surface area contributed by atoms with Crippen LogP contribution < -0.4 is 15.0 Å². The van der Waals surface area contributed by atoms with Crippen LogP contribution in [0, 0.1) is 5.92 Å². The lowest BCUT2D eigenvalue weighted by Gasteiger charge is -2.23. The summed E-state index contributed by atoms with van der Waals surface area (Å²) < 4.78 is 5.19. The molecule has 3 rings (SSSR count). The van der Waals surface area contributed by atoms with Crippen molar-refractivity contribution < 1.29 is 14.3 Å². The van der Waals surface area contributed by atoms with Gasteiger partial charge in [-0.15, -0.1) is 0 Å². The molecule has 1 aliphatic rings. The SMILES string of the molecule is CCC(C)c1ccccc1N1CC(C(=O)Nc2cccc(OC)c2)CC1=O. The standard InChI is InChI=1S/C22H26N2O3/c1-4-15(2)19-10-5-6-11-20(19)24-14-16(12-21(24)25)22(26)23-17-8-7-9-18(13-17)27-3/h5-11,13,15-16H,4,12,14H2,1-3H3,(H,23,26). The molecule has 0 radical (unpaired) electrons. The van der Waals surface area contributed by atoms with E-state index in [9.17, 15) is 9.59 Å². The number of carbonyl (C=O) groups is 2. The number of amides is 2. The highest BCUT2D eigenvalue weighted by atomic mass is 16.5. The van der Waals surface area contributed by atoms with Crippen LogP contribution in [0.2, 0.25) is 0 Å². The van der Waals surface area contributed by atoms with Crippen LogP contribution in [0.1, 0.15) is 38.2 Å². The third kappa shape index (κ3) is 4.13. The maximum atomic E-state index is 12.7. The van der Waals surface area contributed by atoms with Gasteiger partial charge >= 0.3 is 0 Å². The molecule has 0 saturated carbocycles. The van der Waals surface area contributed by atoms with Crippen molar-refractivity contribution in [1.29, 1.82) is 0 Å². The second-order valence-corrected chi connectivity index (χ2v) is 6.99. The molecule has 142 valence electrons. The van der Waals surface area contributed by atoms with Gasteiger partial charge in [-0.25, -0.2) is 0 Å². The molecule has 2 unspecified atom stereocenters. The van der Waals surface area contributed by atoms with Crippen LogP contribution in [0.3, 0.4) is 0 Å². The molecule has 1 saturated heterocycles. The van der Waals surface area contributed by atoms with Gasteiger partial charge in [0.25, 0.3) is 0 Å². The molecule has 5 heteroatoms. The molecule has 2 atom stereocenters. The van der Waals surface area contributed by atoms with Crippen LogP contribution >= 0.6 is 0 Å².